The van der Waals surface area contributed by atoms with Gasteiger partial charge in [0.2, 0.25) is 0 Å². The lowest BCUT2D eigenvalue weighted by Crippen LogP contribution is -2.08. The molecule has 0 aromatic carbocycles. The minimum absolute atomic E-state index is 0.149. The predicted octanol–water partition coefficient (Wildman–Crippen LogP) is 4.26. The summed E-state index contributed by atoms with van der Waals surface area (Å²) in [5, 5.41) is 0. The number of methoxy groups -OCH3 is 2. The highest BCUT2D eigenvalue weighted by molar-refractivity contribution is 5.69. The van der Waals surface area contributed by atoms with Gasteiger partial charge in [-0.1, -0.05) is 51.2 Å². The van der Waals surface area contributed by atoms with Crippen LogP contribution in [0.1, 0.15) is 64.7 Å². The molecule has 19 heavy (non-hydrogen) atoms. The van der Waals surface area contributed by atoms with Crippen molar-refractivity contribution >= 4 is 5.97 Å². The molecule has 0 amide bonds. The van der Waals surface area contributed by atoms with Crippen LogP contribution in [0.3, 0.4) is 0 Å². The molecule has 0 saturated heterocycles. The summed E-state index contributed by atoms with van der Waals surface area (Å²) in [6, 6.07) is 0. The standard InChI is InChI=1S/C16H30O3/c1-4-5-6-7-9-12-15(18-2)13-10-8-11-14-16(17)19-3/h8,10,15H,4-7,9,11-14H2,1-3H3/b10-8+/t15-/m0/s1. The number of unbranched alkanes of at least 4 members (excludes halogenated alkanes) is 4. The van der Waals surface area contributed by atoms with Gasteiger partial charge in [-0.15, -0.1) is 0 Å². The van der Waals surface area contributed by atoms with Crippen molar-refractivity contribution in [3.05, 3.63) is 12.2 Å². The minimum atomic E-state index is -0.149. The molecule has 0 heterocycles. The number of rotatable bonds is 12. The zero-order valence-electron chi connectivity index (χ0n) is 12.8. The van der Waals surface area contributed by atoms with Gasteiger partial charge in [-0.05, 0) is 19.3 Å². The average Bonchev–Trinajstić information content (AvgIpc) is 2.44. The molecule has 3 heteroatoms. The Morgan fingerprint density at radius 3 is 2.47 bits per heavy atom. The van der Waals surface area contributed by atoms with E-state index in [1.54, 1.807) is 7.11 Å². The van der Waals surface area contributed by atoms with E-state index in [-0.39, 0.29) is 5.97 Å². The first-order chi connectivity index (χ1) is 9.24. The molecule has 0 fully saturated rings. The lowest BCUT2D eigenvalue weighted by Gasteiger charge is -2.12. The van der Waals surface area contributed by atoms with Gasteiger partial charge in [-0.2, -0.15) is 0 Å². The topological polar surface area (TPSA) is 35.5 Å². The largest absolute Gasteiger partial charge is 0.469 e. The molecule has 0 N–H and O–H groups in total. The summed E-state index contributed by atoms with van der Waals surface area (Å²) in [5.74, 6) is -0.149. The summed E-state index contributed by atoms with van der Waals surface area (Å²) in [6.07, 6.45) is 14.3. The van der Waals surface area contributed by atoms with E-state index in [9.17, 15) is 4.79 Å². The molecular weight excluding hydrogens is 240 g/mol. The highest BCUT2D eigenvalue weighted by Gasteiger charge is 2.04. The number of hydrogen-bond acceptors (Lipinski definition) is 3. The van der Waals surface area contributed by atoms with E-state index in [0.717, 1.165) is 19.3 Å². The molecule has 0 radical (unpaired) electrons. The quantitative estimate of drug-likeness (QED) is 0.302. The fraction of sp³-hybridized carbons (Fsp3) is 0.812. The Hall–Kier alpha value is -0.830. The number of carbonyl (C=O) groups excluding carboxylic acids is 1. The molecule has 0 spiro atoms. The molecule has 0 bridgehead atoms. The summed E-state index contributed by atoms with van der Waals surface area (Å²) < 4.78 is 10.0. The molecular formula is C16H30O3. The van der Waals surface area contributed by atoms with E-state index in [1.807, 2.05) is 6.08 Å². The van der Waals surface area contributed by atoms with Crippen molar-refractivity contribution < 1.29 is 14.3 Å². The van der Waals surface area contributed by atoms with E-state index in [2.05, 4.69) is 17.7 Å². The lowest BCUT2D eigenvalue weighted by atomic mass is 10.1. The molecule has 0 aromatic heterocycles. The molecule has 1 atom stereocenters. The summed E-state index contributed by atoms with van der Waals surface area (Å²) in [7, 11) is 3.20. The number of allylic oxidation sites excluding steroid dienone is 1. The molecule has 0 saturated carbocycles. The van der Waals surface area contributed by atoms with Crippen molar-refractivity contribution in [2.45, 2.75) is 70.8 Å². The van der Waals surface area contributed by atoms with Gasteiger partial charge in [0, 0.05) is 13.5 Å². The predicted molar refractivity (Wildman–Crippen MR) is 79.2 cm³/mol. The molecule has 3 nitrogen and oxygen atoms in total. The second kappa shape index (κ2) is 13.6. The van der Waals surface area contributed by atoms with Crippen LogP contribution in [0, 0.1) is 0 Å². The van der Waals surface area contributed by atoms with Crippen LogP contribution >= 0.6 is 0 Å². The maximum Gasteiger partial charge on any atom is 0.305 e. The number of esters is 1. The zero-order valence-corrected chi connectivity index (χ0v) is 12.8. The van der Waals surface area contributed by atoms with Crippen molar-refractivity contribution in [2.75, 3.05) is 14.2 Å². The normalized spacial score (nSPS) is 12.8. The third-order valence-electron chi connectivity index (χ3n) is 3.27. The first kappa shape index (κ1) is 18.2. The smallest absolute Gasteiger partial charge is 0.305 e. The van der Waals surface area contributed by atoms with E-state index >= 15 is 0 Å². The molecule has 0 aliphatic heterocycles. The number of carbonyl (C=O) groups is 1. The van der Waals surface area contributed by atoms with Crippen LogP contribution < -0.4 is 0 Å². The van der Waals surface area contributed by atoms with Gasteiger partial charge in [0.15, 0.2) is 0 Å². The zero-order chi connectivity index (χ0) is 14.3. The third kappa shape index (κ3) is 12.0. The molecule has 0 aliphatic carbocycles. The Kier molecular flexibility index (Phi) is 13.0. The maximum absolute atomic E-state index is 10.9. The highest BCUT2D eigenvalue weighted by Crippen LogP contribution is 2.12. The van der Waals surface area contributed by atoms with Crippen molar-refractivity contribution in [3.8, 4) is 0 Å². The van der Waals surface area contributed by atoms with Crippen LogP contribution in [-0.2, 0) is 14.3 Å². The minimum Gasteiger partial charge on any atom is -0.469 e. The highest BCUT2D eigenvalue weighted by atomic mass is 16.5. The van der Waals surface area contributed by atoms with E-state index in [4.69, 9.17) is 4.74 Å². The second-order valence-electron chi connectivity index (χ2n) is 4.88. The van der Waals surface area contributed by atoms with Crippen LogP contribution in [-0.4, -0.2) is 26.3 Å². The van der Waals surface area contributed by atoms with Crippen molar-refractivity contribution in [1.82, 2.24) is 0 Å². The molecule has 0 aromatic rings. The van der Waals surface area contributed by atoms with Gasteiger partial charge in [-0.25, -0.2) is 0 Å². The molecule has 0 aliphatic rings. The van der Waals surface area contributed by atoms with Crippen LogP contribution in [0.25, 0.3) is 0 Å². The van der Waals surface area contributed by atoms with E-state index < -0.39 is 0 Å². The number of hydrogen-bond donors (Lipinski definition) is 0. The Balaban J connectivity index is 3.57. The van der Waals surface area contributed by atoms with E-state index in [0.29, 0.717) is 12.5 Å². The summed E-state index contributed by atoms with van der Waals surface area (Å²) in [6.45, 7) is 2.23. The summed E-state index contributed by atoms with van der Waals surface area (Å²) in [5.41, 5.74) is 0. The fourth-order valence-corrected chi connectivity index (χ4v) is 1.98. The Morgan fingerprint density at radius 2 is 1.84 bits per heavy atom. The van der Waals surface area contributed by atoms with Gasteiger partial charge >= 0.3 is 5.97 Å². The van der Waals surface area contributed by atoms with Gasteiger partial charge in [-0.3, -0.25) is 4.79 Å². The second-order valence-corrected chi connectivity index (χ2v) is 4.88. The average molecular weight is 270 g/mol. The SMILES string of the molecule is CCCCCCC[C@@H](C/C=C/CCC(=O)OC)OC. The van der Waals surface area contributed by atoms with Gasteiger partial charge in [0.25, 0.3) is 0 Å². The Morgan fingerprint density at radius 1 is 1.11 bits per heavy atom. The first-order valence-electron chi connectivity index (χ1n) is 7.49. The molecule has 0 unspecified atom stereocenters. The van der Waals surface area contributed by atoms with Crippen molar-refractivity contribution in [1.29, 1.82) is 0 Å². The van der Waals surface area contributed by atoms with Crippen LogP contribution in [0.5, 0.6) is 0 Å². The fourth-order valence-electron chi connectivity index (χ4n) is 1.98. The van der Waals surface area contributed by atoms with Gasteiger partial charge < -0.3 is 9.47 Å². The molecule has 0 rings (SSSR count). The summed E-state index contributed by atoms with van der Waals surface area (Å²) in [4.78, 5) is 10.9. The molecule has 112 valence electrons. The Bertz CT molecular complexity index is 236. The Labute approximate surface area is 118 Å². The van der Waals surface area contributed by atoms with Crippen molar-refractivity contribution in [2.24, 2.45) is 0 Å². The third-order valence-corrected chi connectivity index (χ3v) is 3.27. The number of ether oxygens (including phenoxy) is 2. The van der Waals surface area contributed by atoms with E-state index in [1.165, 1.54) is 39.2 Å². The lowest BCUT2D eigenvalue weighted by molar-refractivity contribution is -0.140. The monoisotopic (exact) mass is 270 g/mol. The summed E-state index contributed by atoms with van der Waals surface area (Å²) >= 11 is 0. The van der Waals surface area contributed by atoms with Gasteiger partial charge in [0.1, 0.15) is 0 Å². The van der Waals surface area contributed by atoms with Crippen LogP contribution in [0.4, 0.5) is 0 Å². The maximum atomic E-state index is 10.9. The van der Waals surface area contributed by atoms with Gasteiger partial charge in [0.05, 0.1) is 13.2 Å². The van der Waals surface area contributed by atoms with Crippen molar-refractivity contribution in [3.63, 3.8) is 0 Å². The first-order valence-corrected chi connectivity index (χ1v) is 7.49. The van der Waals surface area contributed by atoms with Crippen LogP contribution in [0.2, 0.25) is 0 Å². The van der Waals surface area contributed by atoms with Crippen LogP contribution in [0.15, 0.2) is 12.2 Å².